The van der Waals surface area contributed by atoms with Gasteiger partial charge in [0.1, 0.15) is 18.3 Å². The maximum Gasteiger partial charge on any atom is 0.162 e. The average Bonchev–Trinajstić information content (AvgIpc) is 3.17. The minimum Gasteiger partial charge on any atom is -0.374 e. The highest BCUT2D eigenvalue weighted by molar-refractivity contribution is 5.83. The van der Waals surface area contributed by atoms with Gasteiger partial charge in [-0.25, -0.2) is 0 Å². The lowest BCUT2D eigenvalue weighted by Crippen LogP contribution is -2.54. The Morgan fingerprint density at radius 2 is 1.02 bits per heavy atom. The van der Waals surface area contributed by atoms with Gasteiger partial charge in [-0.2, -0.15) is 0 Å². The van der Waals surface area contributed by atoms with Gasteiger partial charge < -0.3 is 18.9 Å². The van der Waals surface area contributed by atoms with Gasteiger partial charge in [0.05, 0.1) is 32.5 Å². The molecule has 6 nitrogen and oxygen atoms in total. The molecule has 0 unspecified atom stereocenters. The van der Waals surface area contributed by atoms with E-state index in [1.54, 1.807) is 0 Å². The predicted molar refractivity (Wildman–Crippen MR) is 196 cm³/mol. The summed E-state index contributed by atoms with van der Waals surface area (Å²) in [5.41, 5.74) is 5.64. The molecular weight excluding hydrogens is 622 g/mol. The highest BCUT2D eigenvalue weighted by atomic mass is 16.6. The molecule has 0 amide bonds. The van der Waals surface area contributed by atoms with Gasteiger partial charge in [-0.1, -0.05) is 152 Å². The summed E-state index contributed by atoms with van der Waals surface area (Å²) >= 11 is 0. The van der Waals surface area contributed by atoms with Gasteiger partial charge in [-0.05, 0) is 27.8 Å². The quantitative estimate of drug-likeness (QED) is 0.0938. The van der Waals surface area contributed by atoms with Crippen molar-refractivity contribution in [2.45, 2.75) is 70.2 Å². The van der Waals surface area contributed by atoms with E-state index in [2.05, 4.69) is 65.6 Å². The fraction of sp³-hybridized carbons (Fsp3) is 0.295. The van der Waals surface area contributed by atoms with Crippen LogP contribution < -0.4 is 0 Å². The third-order valence-electron chi connectivity index (χ3n) is 9.04. The fourth-order valence-electron chi connectivity index (χ4n) is 6.39. The van der Waals surface area contributed by atoms with Crippen LogP contribution in [-0.2, 0) is 56.7 Å². The molecule has 1 fully saturated rings. The van der Waals surface area contributed by atoms with Crippen LogP contribution in [0.4, 0.5) is 0 Å². The van der Waals surface area contributed by atoms with Crippen LogP contribution in [0.1, 0.15) is 40.7 Å². The molecule has 5 aromatic rings. The predicted octanol–water partition coefficient (Wildman–Crippen LogP) is 8.19. The number of benzene rings is 5. The van der Waals surface area contributed by atoms with Gasteiger partial charge in [0.25, 0.3) is 0 Å². The first-order valence-electron chi connectivity index (χ1n) is 17.6. The number of hydrogen-bond acceptors (Lipinski definition) is 6. The lowest BCUT2D eigenvalue weighted by molar-refractivity contribution is -0.219. The molecule has 0 N–H and O–H groups in total. The van der Waals surface area contributed by atoms with Crippen LogP contribution in [0, 0.1) is 0 Å². The Balaban J connectivity index is 1.18. The van der Waals surface area contributed by atoms with Crippen molar-refractivity contribution in [3.05, 3.63) is 179 Å². The van der Waals surface area contributed by atoms with E-state index < -0.39 is 18.3 Å². The molecule has 0 bridgehead atoms. The molecule has 258 valence electrons. The maximum absolute atomic E-state index is 14.1. The molecule has 4 atom stereocenters. The van der Waals surface area contributed by atoms with Crippen molar-refractivity contribution in [3.8, 4) is 0 Å². The van der Waals surface area contributed by atoms with Crippen LogP contribution in [0.5, 0.6) is 0 Å². The van der Waals surface area contributed by atoms with E-state index in [9.17, 15) is 4.79 Å². The minimum atomic E-state index is -0.632. The monoisotopic (exact) mass is 669 g/mol. The van der Waals surface area contributed by atoms with Gasteiger partial charge in [0.15, 0.2) is 5.78 Å². The van der Waals surface area contributed by atoms with Gasteiger partial charge >= 0.3 is 0 Å². The molecule has 6 heteroatoms. The van der Waals surface area contributed by atoms with E-state index in [4.69, 9.17) is 18.9 Å². The number of nitrogens with zero attached hydrogens (tertiary/aromatic N) is 1. The van der Waals surface area contributed by atoms with Crippen molar-refractivity contribution in [3.63, 3.8) is 0 Å². The summed E-state index contributed by atoms with van der Waals surface area (Å²) in [6, 6.07) is 51.1. The molecule has 1 saturated heterocycles. The number of carbonyl (C=O) groups excluding carboxylic acids is 1. The largest absolute Gasteiger partial charge is 0.374 e. The van der Waals surface area contributed by atoms with Crippen LogP contribution in [0.25, 0.3) is 0 Å². The number of carbonyl (C=O) groups is 1. The highest BCUT2D eigenvalue weighted by Crippen LogP contribution is 2.29. The Morgan fingerprint density at radius 3 is 1.52 bits per heavy atom. The van der Waals surface area contributed by atoms with E-state index in [-0.39, 0.29) is 18.5 Å². The minimum absolute atomic E-state index is 0.0685. The number of ether oxygens (including phenoxy) is 4. The number of Topliss-reactive ketones (excluding diaryl/α,β-unsaturated/α-hetero) is 1. The van der Waals surface area contributed by atoms with E-state index in [1.807, 2.05) is 91.0 Å². The third-order valence-corrected chi connectivity index (χ3v) is 9.04. The van der Waals surface area contributed by atoms with Crippen molar-refractivity contribution in [1.82, 2.24) is 4.90 Å². The van der Waals surface area contributed by atoms with Gasteiger partial charge in [-0.15, -0.1) is 0 Å². The van der Waals surface area contributed by atoms with Crippen molar-refractivity contribution in [2.75, 3.05) is 13.2 Å². The molecule has 5 aromatic carbocycles. The molecule has 1 aliphatic rings. The number of rotatable bonds is 18. The van der Waals surface area contributed by atoms with Crippen molar-refractivity contribution >= 4 is 5.78 Å². The molecule has 0 spiro atoms. The summed E-state index contributed by atoms with van der Waals surface area (Å²) in [6.07, 6.45) is -1.13. The molecular formula is C44H47NO5. The molecule has 1 aliphatic heterocycles. The zero-order valence-corrected chi connectivity index (χ0v) is 28.6. The van der Waals surface area contributed by atoms with Gasteiger partial charge in [0, 0.05) is 32.5 Å². The molecule has 6 rings (SSSR count). The first-order valence-corrected chi connectivity index (χ1v) is 17.6. The molecule has 0 radical (unpaired) electrons. The zero-order valence-electron chi connectivity index (χ0n) is 28.6. The molecule has 0 aliphatic carbocycles. The van der Waals surface area contributed by atoms with Crippen molar-refractivity contribution < 1.29 is 23.7 Å². The summed E-state index contributed by atoms with van der Waals surface area (Å²) in [5.74, 6) is 0.0685. The Hall–Kier alpha value is -4.43. The summed E-state index contributed by atoms with van der Waals surface area (Å²) < 4.78 is 26.1. The standard InChI is InChI=1S/C44H47NO5/c46-40(26-27-45(29-35-16-6-1-7-17-35)30-36-18-8-2-9-19-36)41-28-42(48-32-38-22-12-4-13-23-38)44(49-33-39-24-14-5-15-25-39)43(50-41)34-47-31-37-20-10-3-11-21-37/h1-25,41-44H,26-34H2/t41-,42-,43+,44-/m0/s1. The topological polar surface area (TPSA) is 57.2 Å². The Kier molecular flexibility index (Phi) is 13.5. The number of hydrogen-bond donors (Lipinski definition) is 0. The first-order chi connectivity index (χ1) is 24.7. The van der Waals surface area contributed by atoms with E-state index in [0.717, 1.165) is 29.8 Å². The molecule has 0 saturated carbocycles. The van der Waals surface area contributed by atoms with Crippen LogP contribution in [0.2, 0.25) is 0 Å². The maximum atomic E-state index is 14.1. The second kappa shape index (κ2) is 19.1. The zero-order chi connectivity index (χ0) is 34.2. The van der Waals surface area contributed by atoms with Gasteiger partial charge in [-0.3, -0.25) is 9.69 Å². The van der Waals surface area contributed by atoms with Crippen LogP contribution in [-0.4, -0.2) is 48.3 Å². The van der Waals surface area contributed by atoms with E-state index in [1.165, 1.54) is 11.1 Å². The Bertz CT molecular complexity index is 1630. The smallest absolute Gasteiger partial charge is 0.162 e. The van der Waals surface area contributed by atoms with E-state index >= 15 is 0 Å². The highest BCUT2D eigenvalue weighted by Gasteiger charge is 2.43. The fourth-order valence-corrected chi connectivity index (χ4v) is 6.39. The molecule has 0 aromatic heterocycles. The summed E-state index contributed by atoms with van der Waals surface area (Å²) in [7, 11) is 0. The molecule has 50 heavy (non-hydrogen) atoms. The average molecular weight is 670 g/mol. The molecule has 1 heterocycles. The van der Waals surface area contributed by atoms with Gasteiger partial charge in [0.2, 0.25) is 0 Å². The second-order valence-electron chi connectivity index (χ2n) is 12.9. The summed E-state index contributed by atoms with van der Waals surface area (Å²) in [5, 5.41) is 0. The SMILES string of the molecule is O=C(CCN(Cc1ccccc1)Cc1ccccc1)[C@@H]1C[C@H](OCc2ccccc2)[C@H](OCc2ccccc2)[C@@H](COCc2ccccc2)O1. The van der Waals surface area contributed by atoms with Crippen molar-refractivity contribution in [2.24, 2.45) is 0 Å². The lowest BCUT2D eigenvalue weighted by atomic mass is 9.94. The lowest BCUT2D eigenvalue weighted by Gasteiger charge is -2.41. The first kappa shape index (κ1) is 35.4. The second-order valence-corrected chi connectivity index (χ2v) is 12.9. The third kappa shape index (κ3) is 11.0. The van der Waals surface area contributed by atoms with Crippen molar-refractivity contribution in [1.29, 1.82) is 0 Å². The normalized spacial score (nSPS) is 19.0. The number of ketones is 1. The Morgan fingerprint density at radius 1 is 0.580 bits per heavy atom. The van der Waals surface area contributed by atoms with Crippen LogP contribution in [0.3, 0.4) is 0 Å². The van der Waals surface area contributed by atoms with Crippen LogP contribution >= 0.6 is 0 Å². The summed E-state index contributed by atoms with van der Waals surface area (Å²) in [4.78, 5) is 16.4. The van der Waals surface area contributed by atoms with E-state index in [0.29, 0.717) is 39.2 Å². The van der Waals surface area contributed by atoms with Crippen LogP contribution in [0.15, 0.2) is 152 Å². The Labute approximate surface area is 296 Å². The summed E-state index contributed by atoms with van der Waals surface area (Å²) in [6.45, 7) is 3.65.